The second-order valence-corrected chi connectivity index (χ2v) is 5.06. The third kappa shape index (κ3) is 1.45. The largest absolute Gasteiger partial charge is 0.385 e. The third-order valence-corrected chi connectivity index (χ3v) is 4.23. The molecule has 1 heteroatoms. The Bertz CT molecular complexity index is 350. The number of hydrogen-bond acceptors (Lipinski definition) is 1. The molecule has 1 aliphatic heterocycles. The van der Waals surface area contributed by atoms with E-state index in [1.807, 2.05) is 0 Å². The molecule has 0 unspecified atom stereocenters. The van der Waals surface area contributed by atoms with Crippen molar-refractivity contribution in [3.05, 3.63) is 29.8 Å². The van der Waals surface area contributed by atoms with Gasteiger partial charge in [0, 0.05) is 12.2 Å². The quantitative estimate of drug-likeness (QED) is 0.674. The van der Waals surface area contributed by atoms with Crippen LogP contribution in [0.15, 0.2) is 24.3 Å². The zero-order chi connectivity index (χ0) is 10.1. The Labute approximate surface area is 91.9 Å². The lowest BCUT2D eigenvalue weighted by molar-refractivity contribution is 0.275. The van der Waals surface area contributed by atoms with Crippen molar-refractivity contribution in [2.24, 2.45) is 0 Å². The number of nitrogens with one attached hydrogen (secondary N) is 1. The van der Waals surface area contributed by atoms with Gasteiger partial charge in [-0.1, -0.05) is 37.5 Å². The highest BCUT2D eigenvalue weighted by atomic mass is 14.9. The van der Waals surface area contributed by atoms with Gasteiger partial charge in [0.25, 0.3) is 0 Å². The predicted octanol–water partition coefficient (Wildman–Crippen LogP) is 3.70. The number of rotatable bonds is 0. The minimum absolute atomic E-state index is 0.528. The van der Waals surface area contributed by atoms with Crippen LogP contribution in [0.5, 0.6) is 0 Å². The van der Waals surface area contributed by atoms with Crippen LogP contribution in [0.1, 0.15) is 44.1 Å². The van der Waals surface area contributed by atoms with Gasteiger partial charge in [-0.25, -0.2) is 0 Å². The summed E-state index contributed by atoms with van der Waals surface area (Å²) in [6.45, 7) is 1.16. The van der Waals surface area contributed by atoms with Crippen molar-refractivity contribution >= 4 is 5.69 Å². The molecule has 1 saturated carbocycles. The van der Waals surface area contributed by atoms with E-state index < -0.39 is 0 Å². The fourth-order valence-electron chi connectivity index (χ4n) is 3.42. The molecule has 1 aromatic carbocycles. The lowest BCUT2D eigenvalue weighted by Crippen LogP contribution is -2.35. The van der Waals surface area contributed by atoms with E-state index in [4.69, 9.17) is 0 Å². The Morgan fingerprint density at radius 2 is 1.73 bits per heavy atom. The number of fused-ring (bicyclic) bond motifs is 2. The van der Waals surface area contributed by atoms with Gasteiger partial charge in [-0.05, 0) is 36.3 Å². The fraction of sp³-hybridized carbons (Fsp3) is 0.571. The molecule has 3 rings (SSSR count). The fourth-order valence-corrected chi connectivity index (χ4v) is 3.42. The first kappa shape index (κ1) is 9.26. The second-order valence-electron chi connectivity index (χ2n) is 5.06. The SMILES string of the molecule is c1ccc2c(c1)NCCC21CCCCC1. The van der Waals surface area contributed by atoms with Crippen molar-refractivity contribution in [1.82, 2.24) is 0 Å². The van der Waals surface area contributed by atoms with Crippen LogP contribution in [0.4, 0.5) is 5.69 Å². The molecule has 0 amide bonds. The van der Waals surface area contributed by atoms with Gasteiger partial charge in [0.1, 0.15) is 0 Å². The molecule has 1 N–H and O–H groups in total. The zero-order valence-corrected chi connectivity index (χ0v) is 9.26. The standard InChI is InChI=1S/C14H19N/c1-4-8-14(9-5-1)10-11-15-13-7-3-2-6-12(13)14/h2-3,6-7,15H,1,4-5,8-11H2. The molecule has 1 spiro atoms. The van der Waals surface area contributed by atoms with E-state index in [9.17, 15) is 0 Å². The van der Waals surface area contributed by atoms with Crippen molar-refractivity contribution in [3.8, 4) is 0 Å². The summed E-state index contributed by atoms with van der Waals surface area (Å²) in [7, 11) is 0. The van der Waals surface area contributed by atoms with Crippen LogP contribution >= 0.6 is 0 Å². The van der Waals surface area contributed by atoms with Crippen LogP contribution < -0.4 is 5.32 Å². The molecule has 0 radical (unpaired) electrons. The van der Waals surface area contributed by atoms with E-state index in [1.165, 1.54) is 44.2 Å². The van der Waals surface area contributed by atoms with E-state index in [1.54, 1.807) is 5.56 Å². The first-order valence-corrected chi connectivity index (χ1v) is 6.24. The van der Waals surface area contributed by atoms with E-state index in [-0.39, 0.29) is 0 Å². The molecule has 15 heavy (non-hydrogen) atoms. The Morgan fingerprint density at radius 3 is 2.60 bits per heavy atom. The maximum atomic E-state index is 3.53. The highest BCUT2D eigenvalue weighted by Gasteiger charge is 2.37. The highest BCUT2D eigenvalue weighted by Crippen LogP contribution is 2.46. The molecule has 0 saturated heterocycles. The van der Waals surface area contributed by atoms with Crippen molar-refractivity contribution < 1.29 is 0 Å². The van der Waals surface area contributed by atoms with Gasteiger partial charge in [-0.2, -0.15) is 0 Å². The minimum atomic E-state index is 0.528. The summed E-state index contributed by atoms with van der Waals surface area (Å²) in [6.07, 6.45) is 8.45. The number of anilines is 1. The van der Waals surface area contributed by atoms with Crippen LogP contribution in [0.25, 0.3) is 0 Å². The summed E-state index contributed by atoms with van der Waals surface area (Å²) in [4.78, 5) is 0. The molecule has 1 heterocycles. The first-order chi connectivity index (χ1) is 7.41. The molecular formula is C14H19N. The zero-order valence-electron chi connectivity index (χ0n) is 9.26. The maximum absolute atomic E-state index is 3.53. The van der Waals surface area contributed by atoms with Crippen LogP contribution in [-0.2, 0) is 5.41 Å². The van der Waals surface area contributed by atoms with E-state index in [0.29, 0.717) is 5.41 Å². The molecular weight excluding hydrogens is 182 g/mol. The lowest BCUT2D eigenvalue weighted by atomic mass is 9.66. The Morgan fingerprint density at radius 1 is 0.933 bits per heavy atom. The molecule has 1 nitrogen and oxygen atoms in total. The average molecular weight is 201 g/mol. The highest BCUT2D eigenvalue weighted by molar-refractivity contribution is 5.57. The Hall–Kier alpha value is -0.980. The van der Waals surface area contributed by atoms with Crippen molar-refractivity contribution in [3.63, 3.8) is 0 Å². The molecule has 1 aromatic rings. The average Bonchev–Trinajstić information content (AvgIpc) is 2.31. The van der Waals surface area contributed by atoms with Gasteiger partial charge in [-0.3, -0.25) is 0 Å². The summed E-state index contributed by atoms with van der Waals surface area (Å²) >= 11 is 0. The van der Waals surface area contributed by atoms with Crippen molar-refractivity contribution in [2.45, 2.75) is 43.9 Å². The Balaban J connectivity index is 2.04. The summed E-state index contributed by atoms with van der Waals surface area (Å²) < 4.78 is 0. The summed E-state index contributed by atoms with van der Waals surface area (Å²) in [5, 5.41) is 3.53. The third-order valence-electron chi connectivity index (χ3n) is 4.23. The second kappa shape index (κ2) is 3.55. The predicted molar refractivity (Wildman–Crippen MR) is 64.3 cm³/mol. The van der Waals surface area contributed by atoms with Crippen molar-refractivity contribution in [2.75, 3.05) is 11.9 Å². The van der Waals surface area contributed by atoms with E-state index in [2.05, 4.69) is 29.6 Å². The summed E-state index contributed by atoms with van der Waals surface area (Å²) in [5.41, 5.74) is 3.52. The van der Waals surface area contributed by atoms with Crippen LogP contribution in [0, 0.1) is 0 Å². The summed E-state index contributed by atoms with van der Waals surface area (Å²) in [5.74, 6) is 0. The lowest BCUT2D eigenvalue weighted by Gasteiger charge is -2.42. The van der Waals surface area contributed by atoms with Gasteiger partial charge in [-0.15, -0.1) is 0 Å². The van der Waals surface area contributed by atoms with E-state index in [0.717, 1.165) is 6.54 Å². The van der Waals surface area contributed by atoms with Gasteiger partial charge in [0.2, 0.25) is 0 Å². The smallest absolute Gasteiger partial charge is 0.0378 e. The maximum Gasteiger partial charge on any atom is 0.0378 e. The molecule has 1 aliphatic carbocycles. The first-order valence-electron chi connectivity index (χ1n) is 6.24. The number of hydrogen-bond donors (Lipinski definition) is 1. The number of benzene rings is 1. The Kier molecular flexibility index (Phi) is 2.19. The van der Waals surface area contributed by atoms with Crippen LogP contribution in [0.2, 0.25) is 0 Å². The molecule has 0 aromatic heterocycles. The minimum Gasteiger partial charge on any atom is -0.385 e. The van der Waals surface area contributed by atoms with Crippen LogP contribution in [0.3, 0.4) is 0 Å². The van der Waals surface area contributed by atoms with Gasteiger partial charge in [0.05, 0.1) is 0 Å². The molecule has 0 bridgehead atoms. The van der Waals surface area contributed by atoms with Gasteiger partial charge < -0.3 is 5.32 Å². The number of para-hydroxylation sites is 1. The van der Waals surface area contributed by atoms with Crippen LogP contribution in [-0.4, -0.2) is 6.54 Å². The monoisotopic (exact) mass is 201 g/mol. The molecule has 2 aliphatic rings. The van der Waals surface area contributed by atoms with E-state index >= 15 is 0 Å². The molecule has 0 atom stereocenters. The van der Waals surface area contributed by atoms with Crippen molar-refractivity contribution in [1.29, 1.82) is 0 Å². The van der Waals surface area contributed by atoms with Gasteiger partial charge in [0.15, 0.2) is 0 Å². The summed E-state index contributed by atoms with van der Waals surface area (Å²) in [6, 6.07) is 8.92. The topological polar surface area (TPSA) is 12.0 Å². The molecule has 80 valence electrons. The molecule has 1 fully saturated rings. The van der Waals surface area contributed by atoms with Gasteiger partial charge >= 0.3 is 0 Å². The normalized spacial score (nSPS) is 23.2.